The topological polar surface area (TPSA) is 26.3 Å². The summed E-state index contributed by atoms with van der Waals surface area (Å²) in [6, 6.07) is 30.5. The molecule has 0 aromatic heterocycles. The Balaban J connectivity index is 0.00000156. The van der Waals surface area contributed by atoms with E-state index in [0.29, 0.717) is 0 Å². The molecule has 3 aromatic carbocycles. The van der Waals surface area contributed by atoms with Gasteiger partial charge in [0.15, 0.2) is 0 Å². The zero-order chi connectivity index (χ0) is 16.1. The van der Waals surface area contributed by atoms with Crippen molar-refractivity contribution in [2.45, 2.75) is 6.92 Å². The molecular weight excluding hydrogens is 528 g/mol. The van der Waals surface area contributed by atoms with Crippen LogP contribution in [0.2, 0.25) is 0 Å². The Labute approximate surface area is 170 Å². The smallest absolute Gasteiger partial charge is 0 e. The van der Waals surface area contributed by atoms with Crippen LogP contribution in [-0.4, -0.2) is 24.8 Å². The molecule has 0 spiro atoms. The monoisotopic (exact) mass is 550 g/mol. The van der Waals surface area contributed by atoms with E-state index in [4.69, 9.17) is 3.07 Å². The van der Waals surface area contributed by atoms with Crippen LogP contribution in [0.4, 0.5) is 0 Å². The minimum Gasteiger partial charge on any atom is -0.153 e. The van der Waals surface area contributed by atoms with E-state index in [1.807, 2.05) is 54.6 Å². The van der Waals surface area contributed by atoms with Gasteiger partial charge < -0.3 is 0 Å². The van der Waals surface area contributed by atoms with E-state index in [9.17, 15) is 4.79 Å². The van der Waals surface area contributed by atoms with Crippen molar-refractivity contribution < 1.29 is 28.3 Å². The molecule has 0 heterocycles. The Morgan fingerprint density at radius 3 is 1.20 bits per heavy atom. The summed E-state index contributed by atoms with van der Waals surface area (Å²) in [7, 11) is 0. The van der Waals surface area contributed by atoms with E-state index in [2.05, 4.69) is 36.4 Å². The van der Waals surface area contributed by atoms with Crippen LogP contribution in [-0.2, 0) is 28.3 Å². The Hall–Kier alpha value is -0.979. The summed E-state index contributed by atoms with van der Waals surface area (Å²) in [5, 5.41) is 0. The summed E-state index contributed by atoms with van der Waals surface area (Å²) in [6.07, 6.45) is 0. The Morgan fingerprint density at radius 1 is 0.680 bits per heavy atom. The first-order valence-electron chi connectivity index (χ1n) is 7.59. The van der Waals surface area contributed by atoms with Gasteiger partial charge in [-0.25, -0.2) is 0 Å². The SMILES string of the molecule is CC(=O)[O][Sn]([c]1ccccc1)([c]1ccccc1)[c]1ccccc1.P.[Pd]. The van der Waals surface area contributed by atoms with Gasteiger partial charge in [0.25, 0.3) is 0 Å². The molecular formula is C20H21O2PPdSn. The predicted octanol–water partition coefficient (Wildman–Crippen LogP) is 2.27. The molecule has 0 amide bonds. The van der Waals surface area contributed by atoms with Gasteiger partial charge in [-0.1, -0.05) is 0 Å². The number of carbonyl (C=O) groups is 1. The van der Waals surface area contributed by atoms with Crippen LogP contribution in [0, 0.1) is 0 Å². The van der Waals surface area contributed by atoms with Crippen molar-refractivity contribution in [3.63, 3.8) is 0 Å². The van der Waals surface area contributed by atoms with Gasteiger partial charge in [-0.2, -0.15) is 9.90 Å². The van der Waals surface area contributed by atoms with Crippen molar-refractivity contribution in [2.75, 3.05) is 0 Å². The van der Waals surface area contributed by atoms with Gasteiger partial charge in [-0.3, -0.25) is 0 Å². The van der Waals surface area contributed by atoms with Gasteiger partial charge in [-0.05, 0) is 0 Å². The van der Waals surface area contributed by atoms with E-state index in [0.717, 1.165) is 10.7 Å². The molecule has 0 aliphatic heterocycles. The maximum absolute atomic E-state index is 12.0. The zero-order valence-corrected chi connectivity index (χ0v) is 19.8. The van der Waals surface area contributed by atoms with Crippen molar-refractivity contribution >= 4 is 45.4 Å². The van der Waals surface area contributed by atoms with Gasteiger partial charge in [-0.15, -0.1) is 0 Å². The molecule has 0 N–H and O–H groups in total. The molecule has 0 fully saturated rings. The molecule has 132 valence electrons. The van der Waals surface area contributed by atoms with E-state index < -0.39 is 18.8 Å². The second-order valence-corrected chi connectivity index (χ2v) is 14.8. The minimum absolute atomic E-state index is 0. The fraction of sp³-hybridized carbons (Fsp3) is 0.0500. The van der Waals surface area contributed by atoms with Gasteiger partial charge >= 0.3 is 141 Å². The third-order valence-electron chi connectivity index (χ3n) is 3.84. The summed E-state index contributed by atoms with van der Waals surface area (Å²) < 4.78 is 9.57. The van der Waals surface area contributed by atoms with Gasteiger partial charge in [0.05, 0.1) is 0 Å². The van der Waals surface area contributed by atoms with Crippen LogP contribution in [0.15, 0.2) is 91.0 Å². The van der Waals surface area contributed by atoms with E-state index >= 15 is 0 Å². The maximum Gasteiger partial charge on any atom is 0 e. The summed E-state index contributed by atoms with van der Waals surface area (Å²) in [5.41, 5.74) is 0. The average molecular weight is 549 g/mol. The largest absolute Gasteiger partial charge is 0.153 e. The number of benzene rings is 3. The molecule has 3 aromatic rings. The molecule has 0 aliphatic carbocycles. The molecule has 0 saturated carbocycles. The molecule has 3 rings (SSSR count). The predicted molar refractivity (Wildman–Crippen MR) is 107 cm³/mol. The van der Waals surface area contributed by atoms with Crippen LogP contribution in [0.3, 0.4) is 0 Å². The average Bonchev–Trinajstić information content (AvgIpc) is 2.62. The van der Waals surface area contributed by atoms with E-state index in [1.54, 1.807) is 0 Å². The molecule has 25 heavy (non-hydrogen) atoms. The molecule has 0 radical (unpaired) electrons. The fourth-order valence-corrected chi connectivity index (χ4v) is 13.7. The van der Waals surface area contributed by atoms with Gasteiger partial charge in [0.2, 0.25) is 0 Å². The van der Waals surface area contributed by atoms with E-state index in [-0.39, 0.29) is 36.3 Å². The number of hydrogen-bond donors (Lipinski definition) is 0. The number of hydrogen-bond acceptors (Lipinski definition) is 2. The molecule has 0 saturated heterocycles. The molecule has 2 nitrogen and oxygen atoms in total. The Kier molecular flexibility index (Phi) is 9.04. The summed E-state index contributed by atoms with van der Waals surface area (Å²) in [4.78, 5) is 12.0. The zero-order valence-electron chi connectivity index (χ0n) is 14.0. The maximum atomic E-state index is 12.0. The summed E-state index contributed by atoms with van der Waals surface area (Å²) in [6.45, 7) is 1.50. The normalized spacial score (nSPS) is 10.1. The molecule has 1 atom stereocenters. The second-order valence-electron chi connectivity index (χ2n) is 5.37. The molecule has 0 aliphatic rings. The van der Waals surface area contributed by atoms with Crippen LogP contribution < -0.4 is 10.7 Å². The van der Waals surface area contributed by atoms with Crippen LogP contribution in [0.25, 0.3) is 0 Å². The van der Waals surface area contributed by atoms with Crippen LogP contribution >= 0.6 is 9.90 Å². The first-order chi connectivity index (χ1) is 11.2. The minimum atomic E-state index is -3.80. The number of carbonyl (C=O) groups excluding carboxylic acids is 1. The fourth-order valence-electron chi connectivity index (χ4n) is 2.91. The van der Waals surface area contributed by atoms with Crippen LogP contribution in [0.1, 0.15) is 6.92 Å². The van der Waals surface area contributed by atoms with Crippen molar-refractivity contribution in [3.05, 3.63) is 91.0 Å². The van der Waals surface area contributed by atoms with Gasteiger partial charge in [0.1, 0.15) is 0 Å². The number of rotatable bonds is 4. The molecule has 5 heteroatoms. The van der Waals surface area contributed by atoms with Crippen LogP contribution in [0.5, 0.6) is 0 Å². The Morgan fingerprint density at radius 2 is 0.960 bits per heavy atom. The second kappa shape index (κ2) is 10.2. The Bertz CT molecular complexity index is 686. The molecule has 0 bridgehead atoms. The summed E-state index contributed by atoms with van der Waals surface area (Å²) >= 11 is -3.80. The van der Waals surface area contributed by atoms with Crippen molar-refractivity contribution in [2.24, 2.45) is 0 Å². The first kappa shape index (κ1) is 22.1. The van der Waals surface area contributed by atoms with Crippen molar-refractivity contribution in [3.8, 4) is 0 Å². The third-order valence-corrected chi connectivity index (χ3v) is 15.3. The summed E-state index contributed by atoms with van der Waals surface area (Å²) in [5.74, 6) is -0.225. The van der Waals surface area contributed by atoms with Gasteiger partial charge in [0, 0.05) is 20.4 Å². The quantitative estimate of drug-likeness (QED) is 0.369. The van der Waals surface area contributed by atoms with E-state index in [1.165, 1.54) is 6.92 Å². The van der Waals surface area contributed by atoms with Crippen molar-refractivity contribution in [1.29, 1.82) is 0 Å². The standard InChI is InChI=1S/3C6H5.C2H4O2.H3P.Pd.Sn/c3*1-2-4-6-5-3-1;1-2(3)4;;;/h3*1-5H;1H3,(H,3,4);1H3;;/q;;;;;;+1/p-1. The third kappa shape index (κ3) is 4.80. The van der Waals surface area contributed by atoms with Crippen molar-refractivity contribution in [1.82, 2.24) is 0 Å². The molecule has 1 unspecified atom stereocenters. The first-order valence-corrected chi connectivity index (χ1v) is 13.0.